The highest BCUT2D eigenvalue weighted by Gasteiger charge is 2.14. The van der Waals surface area contributed by atoms with Gasteiger partial charge in [0.25, 0.3) is 5.69 Å². The maximum Gasteiger partial charge on any atom is 0.387 e. The molecule has 0 aromatic heterocycles. The molecule has 1 rings (SSSR count). The summed E-state index contributed by atoms with van der Waals surface area (Å²) in [6.07, 6.45) is 0. The Morgan fingerprint density at radius 1 is 1.50 bits per heavy atom. The molecule has 0 bridgehead atoms. The zero-order valence-corrected chi connectivity index (χ0v) is 8.20. The lowest BCUT2D eigenvalue weighted by atomic mass is 10.3. The van der Waals surface area contributed by atoms with Crippen LogP contribution in [0.2, 0.25) is 0 Å². The minimum Gasteiger partial charge on any atom is -0.435 e. The lowest BCUT2D eigenvalue weighted by Gasteiger charge is -2.03. The summed E-state index contributed by atoms with van der Waals surface area (Å²) in [7, 11) is 0. The van der Waals surface area contributed by atoms with Crippen LogP contribution in [0.4, 0.5) is 14.5 Å². The molecule has 0 aliphatic rings. The summed E-state index contributed by atoms with van der Waals surface area (Å²) >= 11 is 2.91. The molecule has 0 aliphatic carbocycles. The van der Waals surface area contributed by atoms with Crippen molar-refractivity contribution in [2.45, 2.75) is 6.61 Å². The van der Waals surface area contributed by atoms with Gasteiger partial charge in [0.15, 0.2) is 0 Å². The third kappa shape index (κ3) is 2.63. The fourth-order valence-corrected chi connectivity index (χ4v) is 1.20. The minimum absolute atomic E-state index is 0.212. The molecule has 0 N–H and O–H groups in total. The van der Waals surface area contributed by atoms with Gasteiger partial charge >= 0.3 is 6.61 Å². The quantitative estimate of drug-likeness (QED) is 0.625. The molecule has 0 saturated heterocycles. The molecule has 76 valence electrons. The van der Waals surface area contributed by atoms with E-state index >= 15 is 0 Å². The van der Waals surface area contributed by atoms with Crippen molar-refractivity contribution in [1.29, 1.82) is 0 Å². The van der Waals surface area contributed by atoms with Crippen LogP contribution in [0.25, 0.3) is 0 Å². The maximum atomic E-state index is 11.8. The Balaban J connectivity index is 3.00. The average molecular weight is 268 g/mol. The van der Waals surface area contributed by atoms with Crippen LogP contribution in [-0.4, -0.2) is 11.5 Å². The zero-order chi connectivity index (χ0) is 10.7. The number of benzene rings is 1. The number of hydrogen-bond acceptors (Lipinski definition) is 3. The Morgan fingerprint density at radius 2 is 2.14 bits per heavy atom. The molecule has 0 heterocycles. The molecule has 0 fully saturated rings. The van der Waals surface area contributed by atoms with Gasteiger partial charge in [-0.25, -0.2) is 0 Å². The predicted molar refractivity (Wildman–Crippen MR) is 47.4 cm³/mol. The third-order valence-electron chi connectivity index (χ3n) is 1.34. The lowest BCUT2D eigenvalue weighted by Crippen LogP contribution is -2.02. The van der Waals surface area contributed by atoms with E-state index < -0.39 is 11.5 Å². The Morgan fingerprint density at radius 3 is 2.64 bits per heavy atom. The summed E-state index contributed by atoms with van der Waals surface area (Å²) < 4.78 is 27.7. The Bertz CT molecular complexity index is 359. The molecule has 4 nitrogen and oxygen atoms in total. The fourth-order valence-electron chi connectivity index (χ4n) is 0.809. The van der Waals surface area contributed by atoms with Crippen molar-refractivity contribution < 1.29 is 18.4 Å². The second-order valence-electron chi connectivity index (χ2n) is 2.25. The van der Waals surface area contributed by atoms with Gasteiger partial charge in [0, 0.05) is 0 Å². The van der Waals surface area contributed by atoms with Gasteiger partial charge in [0.2, 0.25) is 0 Å². The topological polar surface area (TPSA) is 52.4 Å². The molecular weight excluding hydrogens is 264 g/mol. The number of halogens is 3. The van der Waals surface area contributed by atoms with E-state index in [0.29, 0.717) is 0 Å². The van der Waals surface area contributed by atoms with Crippen molar-refractivity contribution in [3.63, 3.8) is 0 Å². The summed E-state index contributed by atoms with van der Waals surface area (Å²) in [6, 6.07) is 3.41. The van der Waals surface area contributed by atoms with Gasteiger partial charge < -0.3 is 4.74 Å². The van der Waals surface area contributed by atoms with E-state index in [1.165, 1.54) is 12.1 Å². The Labute approximate surface area is 85.8 Å². The normalized spacial score (nSPS) is 10.3. The number of nitro benzene ring substituents is 1. The predicted octanol–water partition coefficient (Wildman–Crippen LogP) is 2.96. The highest BCUT2D eigenvalue weighted by molar-refractivity contribution is 9.10. The third-order valence-corrected chi connectivity index (χ3v) is 2.01. The molecule has 0 spiro atoms. The first-order valence-corrected chi connectivity index (χ1v) is 4.19. The van der Waals surface area contributed by atoms with Gasteiger partial charge in [0.1, 0.15) is 5.75 Å². The van der Waals surface area contributed by atoms with Crippen molar-refractivity contribution in [2.75, 3.05) is 0 Å². The number of rotatable bonds is 3. The van der Waals surface area contributed by atoms with Crippen LogP contribution in [0.3, 0.4) is 0 Å². The molecular formula is C7H4BrF2NO3. The summed E-state index contributed by atoms with van der Waals surface area (Å²) in [5, 5.41) is 10.4. The molecule has 0 amide bonds. The van der Waals surface area contributed by atoms with Gasteiger partial charge in [-0.05, 0) is 28.1 Å². The first kappa shape index (κ1) is 10.8. The van der Waals surface area contributed by atoms with Crippen molar-refractivity contribution >= 4 is 21.6 Å². The molecule has 0 aliphatic heterocycles. The van der Waals surface area contributed by atoms with E-state index in [4.69, 9.17) is 0 Å². The SMILES string of the molecule is O=[N+]([O-])c1cc(OC(F)F)ccc1Br. The van der Waals surface area contributed by atoms with Gasteiger partial charge in [-0.3, -0.25) is 10.1 Å². The van der Waals surface area contributed by atoms with Gasteiger partial charge in [-0.2, -0.15) is 8.78 Å². The van der Waals surface area contributed by atoms with Crippen molar-refractivity contribution in [1.82, 2.24) is 0 Å². The molecule has 7 heteroatoms. The monoisotopic (exact) mass is 267 g/mol. The highest BCUT2D eigenvalue weighted by atomic mass is 79.9. The van der Waals surface area contributed by atoms with Gasteiger partial charge in [0.05, 0.1) is 15.5 Å². The van der Waals surface area contributed by atoms with E-state index in [0.717, 1.165) is 6.07 Å². The van der Waals surface area contributed by atoms with E-state index in [9.17, 15) is 18.9 Å². The summed E-state index contributed by atoms with van der Waals surface area (Å²) in [5.41, 5.74) is -0.317. The number of ether oxygens (including phenoxy) is 1. The fraction of sp³-hybridized carbons (Fsp3) is 0.143. The smallest absolute Gasteiger partial charge is 0.387 e. The standard InChI is InChI=1S/C7H4BrF2NO3/c8-5-2-1-4(14-7(9)10)3-6(5)11(12)13/h1-3,7H. The van der Waals surface area contributed by atoms with E-state index in [1.54, 1.807) is 0 Å². The average Bonchev–Trinajstić information content (AvgIpc) is 2.07. The van der Waals surface area contributed by atoms with Crippen LogP contribution in [0.15, 0.2) is 22.7 Å². The second-order valence-corrected chi connectivity index (χ2v) is 3.10. The van der Waals surface area contributed by atoms with Crippen LogP contribution < -0.4 is 4.74 Å². The van der Waals surface area contributed by atoms with Gasteiger partial charge in [-0.15, -0.1) is 0 Å². The minimum atomic E-state index is -2.99. The van der Waals surface area contributed by atoms with E-state index in [-0.39, 0.29) is 15.9 Å². The largest absolute Gasteiger partial charge is 0.435 e. The van der Waals surface area contributed by atoms with Crippen LogP contribution in [0, 0.1) is 10.1 Å². The molecule has 1 aromatic carbocycles. The summed E-state index contributed by atoms with van der Waals surface area (Å²) in [6.45, 7) is -2.99. The maximum absolute atomic E-state index is 11.8. The molecule has 14 heavy (non-hydrogen) atoms. The molecule has 0 radical (unpaired) electrons. The van der Waals surface area contributed by atoms with Crippen LogP contribution >= 0.6 is 15.9 Å². The van der Waals surface area contributed by atoms with Gasteiger partial charge in [-0.1, -0.05) is 0 Å². The molecule has 0 atom stereocenters. The van der Waals surface area contributed by atoms with Crippen LogP contribution in [0.5, 0.6) is 5.75 Å². The number of nitro groups is 1. The first-order chi connectivity index (χ1) is 6.50. The number of hydrogen-bond donors (Lipinski definition) is 0. The zero-order valence-electron chi connectivity index (χ0n) is 6.62. The lowest BCUT2D eigenvalue weighted by molar-refractivity contribution is -0.385. The van der Waals surface area contributed by atoms with Crippen molar-refractivity contribution in [2.24, 2.45) is 0 Å². The summed E-state index contributed by atoms with van der Waals surface area (Å²) in [4.78, 5) is 9.70. The summed E-state index contributed by atoms with van der Waals surface area (Å²) in [5.74, 6) is -0.241. The van der Waals surface area contributed by atoms with Crippen molar-refractivity contribution in [3.8, 4) is 5.75 Å². The van der Waals surface area contributed by atoms with Crippen molar-refractivity contribution in [3.05, 3.63) is 32.8 Å². The number of alkyl halides is 2. The van der Waals surface area contributed by atoms with Crippen LogP contribution in [-0.2, 0) is 0 Å². The highest BCUT2D eigenvalue weighted by Crippen LogP contribution is 2.29. The number of nitrogens with zero attached hydrogens (tertiary/aromatic N) is 1. The molecule has 0 unspecified atom stereocenters. The molecule has 1 aromatic rings. The Kier molecular flexibility index (Phi) is 3.34. The van der Waals surface area contributed by atoms with E-state index in [2.05, 4.69) is 20.7 Å². The second kappa shape index (κ2) is 4.32. The Hall–Kier alpha value is -1.24. The van der Waals surface area contributed by atoms with Crippen LogP contribution in [0.1, 0.15) is 0 Å². The molecule has 0 saturated carbocycles. The first-order valence-electron chi connectivity index (χ1n) is 3.39. The van der Waals surface area contributed by atoms with E-state index in [1.807, 2.05) is 0 Å².